The molecule has 4 rings (SSSR count). The molecule has 2 N–H and O–H groups in total. The van der Waals surface area contributed by atoms with Crippen molar-refractivity contribution in [3.8, 4) is 0 Å². The third-order valence-electron chi connectivity index (χ3n) is 4.59. The van der Waals surface area contributed by atoms with E-state index in [9.17, 15) is 9.59 Å². The number of carbonyl (C=O) groups excluding carboxylic acids is 2. The number of furan rings is 1. The SMILES string of the molecule is Cc1ccc(CN2CCNC(=O)C2CC(=O)Nc2ccc3scnc3c2)o1. The average Bonchev–Trinajstić information content (AvgIpc) is 3.26. The molecule has 1 aromatic carbocycles. The van der Waals surface area contributed by atoms with E-state index >= 15 is 0 Å². The molecule has 0 radical (unpaired) electrons. The maximum absolute atomic E-state index is 12.5. The van der Waals surface area contributed by atoms with Gasteiger partial charge in [-0.2, -0.15) is 0 Å². The Morgan fingerprint density at radius 1 is 1.41 bits per heavy atom. The van der Waals surface area contributed by atoms with Gasteiger partial charge in [0.05, 0.1) is 34.7 Å². The number of hydrogen-bond donors (Lipinski definition) is 2. The number of fused-ring (bicyclic) bond motifs is 1. The molecule has 3 heterocycles. The fourth-order valence-corrected chi connectivity index (χ4v) is 3.93. The molecule has 2 aromatic heterocycles. The molecular formula is C19H20N4O3S. The van der Waals surface area contributed by atoms with Crippen LogP contribution < -0.4 is 10.6 Å². The number of hydrogen-bond acceptors (Lipinski definition) is 6. The molecular weight excluding hydrogens is 364 g/mol. The van der Waals surface area contributed by atoms with Crippen LogP contribution in [0, 0.1) is 6.92 Å². The summed E-state index contributed by atoms with van der Waals surface area (Å²) in [4.78, 5) is 31.1. The summed E-state index contributed by atoms with van der Waals surface area (Å²) in [6.07, 6.45) is 0.0840. The maximum atomic E-state index is 12.5. The van der Waals surface area contributed by atoms with Crippen molar-refractivity contribution in [1.82, 2.24) is 15.2 Å². The summed E-state index contributed by atoms with van der Waals surface area (Å²) in [5.41, 5.74) is 3.31. The van der Waals surface area contributed by atoms with Gasteiger partial charge in [0, 0.05) is 18.8 Å². The monoisotopic (exact) mass is 384 g/mol. The summed E-state index contributed by atoms with van der Waals surface area (Å²) in [5.74, 6) is 1.29. The summed E-state index contributed by atoms with van der Waals surface area (Å²) >= 11 is 1.55. The van der Waals surface area contributed by atoms with Crippen LogP contribution in [-0.4, -0.2) is 40.8 Å². The largest absolute Gasteiger partial charge is 0.465 e. The Hall–Kier alpha value is -2.71. The van der Waals surface area contributed by atoms with Crippen LogP contribution in [0.3, 0.4) is 0 Å². The molecule has 3 aromatic rings. The first-order chi connectivity index (χ1) is 13.1. The van der Waals surface area contributed by atoms with E-state index in [1.807, 2.05) is 42.2 Å². The van der Waals surface area contributed by atoms with Crippen molar-refractivity contribution in [2.45, 2.75) is 25.9 Å². The Bertz CT molecular complexity index is 980. The molecule has 0 bridgehead atoms. The Labute approximate surface area is 160 Å². The van der Waals surface area contributed by atoms with Gasteiger partial charge in [-0.05, 0) is 37.3 Å². The van der Waals surface area contributed by atoms with Crippen molar-refractivity contribution < 1.29 is 14.0 Å². The molecule has 140 valence electrons. The molecule has 7 nitrogen and oxygen atoms in total. The number of benzene rings is 1. The molecule has 8 heteroatoms. The zero-order chi connectivity index (χ0) is 18.8. The Balaban J connectivity index is 1.44. The summed E-state index contributed by atoms with van der Waals surface area (Å²) in [5, 5.41) is 5.72. The Kier molecular flexibility index (Phi) is 4.91. The highest BCUT2D eigenvalue weighted by Crippen LogP contribution is 2.22. The lowest BCUT2D eigenvalue weighted by molar-refractivity contribution is -0.132. The number of rotatable bonds is 5. The second-order valence-corrected chi connectivity index (χ2v) is 7.46. The van der Waals surface area contributed by atoms with Gasteiger partial charge < -0.3 is 15.1 Å². The van der Waals surface area contributed by atoms with E-state index in [2.05, 4.69) is 15.6 Å². The number of thiazole rings is 1. The van der Waals surface area contributed by atoms with Crippen molar-refractivity contribution in [1.29, 1.82) is 0 Å². The standard InChI is InChI=1S/C19H20N4O3S/c1-12-2-4-14(26-12)10-23-7-6-20-19(25)16(23)9-18(24)22-13-3-5-17-15(8-13)21-11-27-17/h2-5,8,11,16H,6-7,9-10H2,1H3,(H,20,25)(H,22,24). The van der Waals surface area contributed by atoms with Gasteiger partial charge in [0.15, 0.2) is 0 Å². The molecule has 1 fully saturated rings. The molecule has 1 aliphatic heterocycles. The first kappa shape index (κ1) is 17.7. The number of carbonyl (C=O) groups is 2. The maximum Gasteiger partial charge on any atom is 0.237 e. The molecule has 27 heavy (non-hydrogen) atoms. The van der Waals surface area contributed by atoms with Gasteiger partial charge in [0.1, 0.15) is 11.5 Å². The van der Waals surface area contributed by atoms with Crippen molar-refractivity contribution in [2.24, 2.45) is 0 Å². The van der Waals surface area contributed by atoms with Crippen LogP contribution in [0.4, 0.5) is 5.69 Å². The second-order valence-electron chi connectivity index (χ2n) is 6.58. The first-order valence-corrected chi connectivity index (χ1v) is 9.66. The van der Waals surface area contributed by atoms with Gasteiger partial charge in [0.2, 0.25) is 11.8 Å². The highest BCUT2D eigenvalue weighted by atomic mass is 32.1. The number of aromatic nitrogens is 1. The lowest BCUT2D eigenvalue weighted by atomic mass is 10.1. The van der Waals surface area contributed by atoms with Crippen LogP contribution in [0.25, 0.3) is 10.2 Å². The highest BCUT2D eigenvalue weighted by molar-refractivity contribution is 7.16. The fraction of sp³-hybridized carbons (Fsp3) is 0.316. The highest BCUT2D eigenvalue weighted by Gasteiger charge is 2.32. The molecule has 0 saturated carbocycles. The van der Waals surface area contributed by atoms with Crippen LogP contribution in [0.2, 0.25) is 0 Å². The fourth-order valence-electron chi connectivity index (χ4n) is 3.27. The molecule has 1 aliphatic rings. The molecule has 1 unspecified atom stereocenters. The normalized spacial score (nSPS) is 17.8. The smallest absolute Gasteiger partial charge is 0.237 e. The Morgan fingerprint density at radius 2 is 2.30 bits per heavy atom. The lowest BCUT2D eigenvalue weighted by Gasteiger charge is -2.34. The van der Waals surface area contributed by atoms with Gasteiger partial charge in [-0.1, -0.05) is 0 Å². The van der Waals surface area contributed by atoms with Gasteiger partial charge in [-0.25, -0.2) is 4.98 Å². The van der Waals surface area contributed by atoms with E-state index in [0.29, 0.717) is 25.3 Å². The number of anilines is 1. The zero-order valence-corrected chi connectivity index (χ0v) is 15.7. The zero-order valence-electron chi connectivity index (χ0n) is 14.9. The first-order valence-electron chi connectivity index (χ1n) is 8.79. The lowest BCUT2D eigenvalue weighted by Crippen LogP contribution is -2.55. The van der Waals surface area contributed by atoms with E-state index in [1.165, 1.54) is 0 Å². The minimum atomic E-state index is -0.521. The third kappa shape index (κ3) is 4.01. The molecule has 1 atom stereocenters. The molecule has 0 spiro atoms. The number of aryl methyl sites for hydroxylation is 1. The number of amides is 2. The van der Waals surface area contributed by atoms with Crippen molar-refractivity contribution in [2.75, 3.05) is 18.4 Å². The van der Waals surface area contributed by atoms with Crippen LogP contribution in [0.15, 0.2) is 40.3 Å². The van der Waals surface area contributed by atoms with Gasteiger partial charge in [-0.15, -0.1) is 11.3 Å². The minimum absolute atomic E-state index is 0.0840. The molecule has 1 saturated heterocycles. The van der Waals surface area contributed by atoms with Gasteiger partial charge in [-0.3, -0.25) is 14.5 Å². The Morgan fingerprint density at radius 3 is 3.11 bits per heavy atom. The third-order valence-corrected chi connectivity index (χ3v) is 5.40. The van der Waals surface area contributed by atoms with E-state index in [1.54, 1.807) is 16.8 Å². The summed E-state index contributed by atoms with van der Waals surface area (Å²) in [6, 6.07) is 8.91. The number of piperazine rings is 1. The van der Waals surface area contributed by atoms with Crippen LogP contribution in [0.5, 0.6) is 0 Å². The van der Waals surface area contributed by atoms with E-state index in [-0.39, 0.29) is 18.2 Å². The van der Waals surface area contributed by atoms with E-state index in [4.69, 9.17) is 4.42 Å². The van der Waals surface area contributed by atoms with Crippen molar-refractivity contribution in [3.05, 3.63) is 47.4 Å². The number of nitrogens with one attached hydrogen (secondary N) is 2. The minimum Gasteiger partial charge on any atom is -0.465 e. The predicted molar refractivity (Wildman–Crippen MR) is 104 cm³/mol. The van der Waals surface area contributed by atoms with E-state index < -0.39 is 6.04 Å². The van der Waals surface area contributed by atoms with Crippen LogP contribution >= 0.6 is 11.3 Å². The van der Waals surface area contributed by atoms with Gasteiger partial charge in [0.25, 0.3) is 0 Å². The second kappa shape index (κ2) is 7.50. The molecule has 2 amide bonds. The summed E-state index contributed by atoms with van der Waals surface area (Å²) in [7, 11) is 0. The van der Waals surface area contributed by atoms with Gasteiger partial charge >= 0.3 is 0 Å². The molecule has 0 aliphatic carbocycles. The van der Waals surface area contributed by atoms with E-state index in [0.717, 1.165) is 21.7 Å². The summed E-state index contributed by atoms with van der Waals surface area (Å²) < 4.78 is 6.69. The number of nitrogens with zero attached hydrogens (tertiary/aromatic N) is 2. The quantitative estimate of drug-likeness (QED) is 0.706. The van der Waals surface area contributed by atoms with Crippen molar-refractivity contribution >= 4 is 39.1 Å². The van der Waals surface area contributed by atoms with Crippen LogP contribution in [0.1, 0.15) is 17.9 Å². The van der Waals surface area contributed by atoms with Crippen LogP contribution in [-0.2, 0) is 16.1 Å². The summed E-state index contributed by atoms with van der Waals surface area (Å²) in [6.45, 7) is 3.63. The van der Waals surface area contributed by atoms with Crippen molar-refractivity contribution in [3.63, 3.8) is 0 Å². The average molecular weight is 384 g/mol. The predicted octanol–water partition coefficient (Wildman–Crippen LogP) is 2.53. The topological polar surface area (TPSA) is 87.5 Å².